The van der Waals surface area contributed by atoms with Crippen LogP contribution in [-0.4, -0.2) is 26.3 Å². The lowest BCUT2D eigenvalue weighted by molar-refractivity contribution is 0.176. The average Bonchev–Trinajstić information content (AvgIpc) is 2.00. The van der Waals surface area contributed by atoms with Crippen LogP contribution in [0.1, 0.15) is 13.3 Å². The Kier molecular flexibility index (Phi) is 4.01. The minimum atomic E-state index is -0.435. The third-order valence-electron chi connectivity index (χ3n) is 1.60. The first-order chi connectivity index (χ1) is 4.68. The third-order valence-corrected chi connectivity index (χ3v) is 1.60. The van der Waals surface area contributed by atoms with Crippen molar-refractivity contribution in [3.63, 3.8) is 0 Å². The highest BCUT2D eigenvalue weighted by atomic mass is 16.5. The lowest BCUT2D eigenvalue weighted by atomic mass is 10.0. The molecule has 0 heterocycles. The van der Waals surface area contributed by atoms with Gasteiger partial charge in [0.05, 0.1) is 6.07 Å². The van der Waals surface area contributed by atoms with Crippen molar-refractivity contribution < 1.29 is 4.74 Å². The highest BCUT2D eigenvalue weighted by molar-refractivity contribution is 5.02. The first-order valence-corrected chi connectivity index (χ1v) is 3.27. The molecule has 0 amide bonds. The van der Waals surface area contributed by atoms with Crippen LogP contribution >= 0.6 is 0 Å². The Morgan fingerprint density at radius 1 is 1.70 bits per heavy atom. The minimum Gasteiger partial charge on any atom is -0.385 e. The summed E-state index contributed by atoms with van der Waals surface area (Å²) in [5.41, 5.74) is -0.435. The van der Waals surface area contributed by atoms with Crippen molar-refractivity contribution in [1.82, 2.24) is 5.32 Å². The van der Waals surface area contributed by atoms with E-state index in [-0.39, 0.29) is 0 Å². The zero-order valence-electron chi connectivity index (χ0n) is 6.77. The molecule has 58 valence electrons. The highest BCUT2D eigenvalue weighted by Gasteiger charge is 2.19. The molecular formula is C7H14N2O. The summed E-state index contributed by atoms with van der Waals surface area (Å²) in [7, 11) is 3.41. The number of nitrogens with one attached hydrogen (secondary N) is 1. The van der Waals surface area contributed by atoms with Crippen LogP contribution in [0.25, 0.3) is 0 Å². The van der Waals surface area contributed by atoms with Crippen molar-refractivity contribution >= 4 is 0 Å². The molecule has 1 unspecified atom stereocenters. The summed E-state index contributed by atoms with van der Waals surface area (Å²) in [4.78, 5) is 0. The van der Waals surface area contributed by atoms with E-state index in [9.17, 15) is 0 Å². The van der Waals surface area contributed by atoms with E-state index in [1.165, 1.54) is 0 Å². The second-order valence-electron chi connectivity index (χ2n) is 2.44. The maximum absolute atomic E-state index is 8.64. The van der Waals surface area contributed by atoms with Crippen molar-refractivity contribution in [1.29, 1.82) is 5.26 Å². The maximum atomic E-state index is 8.64. The standard InChI is InChI=1S/C7H14N2O/c1-7(6-8,9-2)4-5-10-3/h9H,4-5H2,1-3H3. The van der Waals surface area contributed by atoms with Gasteiger partial charge >= 0.3 is 0 Å². The quantitative estimate of drug-likeness (QED) is 0.622. The second-order valence-corrected chi connectivity index (χ2v) is 2.44. The van der Waals surface area contributed by atoms with Crippen molar-refractivity contribution in [2.75, 3.05) is 20.8 Å². The number of hydrogen-bond acceptors (Lipinski definition) is 3. The summed E-state index contributed by atoms with van der Waals surface area (Å²) in [5, 5.41) is 11.6. The number of nitriles is 1. The summed E-state index contributed by atoms with van der Waals surface area (Å²) in [6, 6.07) is 2.17. The van der Waals surface area contributed by atoms with E-state index in [1.54, 1.807) is 14.2 Å². The molecule has 0 radical (unpaired) electrons. The largest absolute Gasteiger partial charge is 0.385 e. The molecule has 0 aliphatic carbocycles. The molecule has 0 spiro atoms. The van der Waals surface area contributed by atoms with Crippen LogP contribution in [0.3, 0.4) is 0 Å². The van der Waals surface area contributed by atoms with Crippen LogP contribution in [0.2, 0.25) is 0 Å². The molecule has 0 saturated carbocycles. The van der Waals surface area contributed by atoms with E-state index in [2.05, 4.69) is 11.4 Å². The molecule has 0 rings (SSSR count). The van der Waals surface area contributed by atoms with Crippen LogP contribution < -0.4 is 5.32 Å². The molecule has 0 aliphatic heterocycles. The Bertz CT molecular complexity index is 130. The normalized spacial score (nSPS) is 15.8. The Hall–Kier alpha value is -0.590. The molecule has 0 saturated heterocycles. The zero-order valence-corrected chi connectivity index (χ0v) is 6.77. The fourth-order valence-electron chi connectivity index (χ4n) is 0.543. The monoisotopic (exact) mass is 142 g/mol. The third kappa shape index (κ3) is 2.81. The molecule has 10 heavy (non-hydrogen) atoms. The molecular weight excluding hydrogens is 128 g/mol. The van der Waals surface area contributed by atoms with E-state index in [1.807, 2.05) is 6.92 Å². The van der Waals surface area contributed by atoms with Gasteiger partial charge < -0.3 is 10.1 Å². The number of methoxy groups -OCH3 is 1. The summed E-state index contributed by atoms with van der Waals surface area (Å²) in [6.07, 6.45) is 0.719. The van der Waals surface area contributed by atoms with Gasteiger partial charge in [-0.2, -0.15) is 5.26 Å². The van der Waals surface area contributed by atoms with Gasteiger partial charge in [0.2, 0.25) is 0 Å². The summed E-state index contributed by atoms with van der Waals surface area (Å²) < 4.78 is 4.85. The van der Waals surface area contributed by atoms with Gasteiger partial charge in [-0.05, 0) is 14.0 Å². The topological polar surface area (TPSA) is 45.0 Å². The number of hydrogen-bond donors (Lipinski definition) is 1. The van der Waals surface area contributed by atoms with Crippen LogP contribution in [0.5, 0.6) is 0 Å². The molecule has 0 aromatic rings. The average molecular weight is 142 g/mol. The molecule has 3 nitrogen and oxygen atoms in total. The smallest absolute Gasteiger partial charge is 0.105 e. The van der Waals surface area contributed by atoms with Crippen LogP contribution in [0.4, 0.5) is 0 Å². The summed E-state index contributed by atoms with van der Waals surface area (Å²) in [5.74, 6) is 0. The molecule has 0 fully saturated rings. The predicted octanol–water partition coefficient (Wildman–Crippen LogP) is 0.525. The molecule has 1 atom stereocenters. The van der Waals surface area contributed by atoms with Gasteiger partial charge in [0.1, 0.15) is 5.54 Å². The Labute approximate surface area is 62.0 Å². The lowest BCUT2D eigenvalue weighted by Gasteiger charge is -2.19. The predicted molar refractivity (Wildman–Crippen MR) is 39.6 cm³/mol. The fourth-order valence-corrected chi connectivity index (χ4v) is 0.543. The van der Waals surface area contributed by atoms with Crippen molar-refractivity contribution in [3.05, 3.63) is 0 Å². The van der Waals surface area contributed by atoms with Crippen molar-refractivity contribution in [3.8, 4) is 6.07 Å². The number of ether oxygens (including phenoxy) is 1. The Balaban J connectivity index is 3.72. The summed E-state index contributed by atoms with van der Waals surface area (Å²) in [6.45, 7) is 2.47. The van der Waals surface area contributed by atoms with Crippen LogP contribution in [0, 0.1) is 11.3 Å². The SMILES string of the molecule is CNC(C)(C#N)CCOC. The van der Waals surface area contributed by atoms with Gasteiger partial charge in [0.25, 0.3) is 0 Å². The Morgan fingerprint density at radius 2 is 2.30 bits per heavy atom. The van der Waals surface area contributed by atoms with E-state index < -0.39 is 5.54 Å². The van der Waals surface area contributed by atoms with E-state index >= 15 is 0 Å². The fraction of sp³-hybridized carbons (Fsp3) is 0.857. The van der Waals surface area contributed by atoms with Gasteiger partial charge in [-0.3, -0.25) is 0 Å². The molecule has 0 aliphatic rings. The molecule has 3 heteroatoms. The van der Waals surface area contributed by atoms with Crippen molar-refractivity contribution in [2.45, 2.75) is 18.9 Å². The van der Waals surface area contributed by atoms with E-state index in [0.717, 1.165) is 6.42 Å². The minimum absolute atomic E-state index is 0.435. The van der Waals surface area contributed by atoms with Gasteiger partial charge in [-0.15, -0.1) is 0 Å². The van der Waals surface area contributed by atoms with Crippen molar-refractivity contribution in [2.24, 2.45) is 0 Å². The highest BCUT2D eigenvalue weighted by Crippen LogP contribution is 2.05. The van der Waals surface area contributed by atoms with Gasteiger partial charge in [-0.25, -0.2) is 0 Å². The van der Waals surface area contributed by atoms with Gasteiger partial charge in [0, 0.05) is 20.1 Å². The first-order valence-electron chi connectivity index (χ1n) is 3.27. The van der Waals surface area contributed by atoms with Crippen LogP contribution in [0.15, 0.2) is 0 Å². The number of rotatable bonds is 4. The molecule has 0 aromatic heterocycles. The zero-order chi connectivity index (χ0) is 8.04. The van der Waals surface area contributed by atoms with Gasteiger partial charge in [-0.1, -0.05) is 0 Å². The molecule has 0 aromatic carbocycles. The van der Waals surface area contributed by atoms with Crippen LogP contribution in [-0.2, 0) is 4.74 Å². The van der Waals surface area contributed by atoms with Gasteiger partial charge in [0.15, 0.2) is 0 Å². The molecule has 1 N–H and O–H groups in total. The summed E-state index contributed by atoms with van der Waals surface area (Å²) >= 11 is 0. The van der Waals surface area contributed by atoms with E-state index in [4.69, 9.17) is 10.00 Å². The number of nitrogens with zero attached hydrogens (tertiary/aromatic N) is 1. The molecule has 0 bridgehead atoms. The lowest BCUT2D eigenvalue weighted by Crippen LogP contribution is -2.38. The first kappa shape index (κ1) is 9.41. The van der Waals surface area contributed by atoms with E-state index in [0.29, 0.717) is 6.61 Å². The maximum Gasteiger partial charge on any atom is 0.105 e. The Morgan fingerprint density at radius 3 is 2.60 bits per heavy atom. The second kappa shape index (κ2) is 4.26.